The maximum Gasteiger partial charge on any atom is 0.311 e. The summed E-state index contributed by atoms with van der Waals surface area (Å²) in [5.41, 5.74) is -1.24. The fourth-order valence-electron chi connectivity index (χ4n) is 1.52. The van der Waals surface area contributed by atoms with Crippen molar-refractivity contribution in [3.8, 4) is 0 Å². The first-order valence-corrected chi connectivity index (χ1v) is 6.54. The first-order chi connectivity index (χ1) is 9.71. The molecule has 1 atom stereocenters. The highest BCUT2D eigenvalue weighted by Gasteiger charge is 2.31. The topological polar surface area (TPSA) is 110 Å². The van der Waals surface area contributed by atoms with Crippen molar-refractivity contribution in [2.24, 2.45) is 5.41 Å². The summed E-state index contributed by atoms with van der Waals surface area (Å²) < 4.78 is 0. The Hall–Kier alpha value is -2.15. The number of hydrogen-bond acceptors (Lipinski definition) is 4. The van der Waals surface area contributed by atoms with Crippen LogP contribution in [0.5, 0.6) is 0 Å². The lowest BCUT2D eigenvalue weighted by atomic mass is 9.87. The van der Waals surface area contributed by atoms with E-state index in [9.17, 15) is 19.7 Å². The van der Waals surface area contributed by atoms with Gasteiger partial charge < -0.3 is 10.4 Å². The van der Waals surface area contributed by atoms with E-state index in [-0.39, 0.29) is 22.8 Å². The van der Waals surface area contributed by atoms with E-state index in [0.29, 0.717) is 6.42 Å². The normalized spacial score (nSPS) is 13.3. The molecule has 0 aromatic heterocycles. The number of aliphatic carboxylic acids is 1. The zero-order chi connectivity index (χ0) is 16.2. The average molecular weight is 315 g/mol. The van der Waals surface area contributed by atoms with Gasteiger partial charge in [0, 0.05) is 18.7 Å². The third-order valence-electron chi connectivity index (χ3n) is 3.34. The number of nitro benzene ring substituents is 1. The summed E-state index contributed by atoms with van der Waals surface area (Å²) >= 11 is 5.83. The molecular weight excluding hydrogens is 300 g/mol. The van der Waals surface area contributed by atoms with Crippen LogP contribution < -0.4 is 5.32 Å². The molecule has 1 aromatic carbocycles. The second-order valence-electron chi connectivity index (χ2n) is 4.82. The van der Waals surface area contributed by atoms with Gasteiger partial charge in [-0.25, -0.2) is 0 Å². The lowest BCUT2D eigenvalue weighted by Gasteiger charge is -2.23. The van der Waals surface area contributed by atoms with E-state index in [2.05, 4.69) is 5.32 Å². The molecular formula is C13H15ClN2O5. The quantitative estimate of drug-likeness (QED) is 0.619. The molecule has 0 fully saturated rings. The van der Waals surface area contributed by atoms with Crippen molar-refractivity contribution < 1.29 is 19.6 Å². The van der Waals surface area contributed by atoms with Gasteiger partial charge in [-0.3, -0.25) is 19.7 Å². The maximum absolute atomic E-state index is 12.0. The van der Waals surface area contributed by atoms with E-state index in [1.54, 1.807) is 6.92 Å². The van der Waals surface area contributed by atoms with Crippen LogP contribution in [0, 0.1) is 15.5 Å². The summed E-state index contributed by atoms with van der Waals surface area (Å²) in [5.74, 6) is -1.59. The van der Waals surface area contributed by atoms with Gasteiger partial charge in [0.05, 0.1) is 20.9 Å². The number of nitrogens with one attached hydrogen (secondary N) is 1. The van der Waals surface area contributed by atoms with Crippen molar-refractivity contribution in [2.45, 2.75) is 20.3 Å². The summed E-state index contributed by atoms with van der Waals surface area (Å²) in [6.07, 6.45) is 0.344. The number of amides is 1. The summed E-state index contributed by atoms with van der Waals surface area (Å²) in [4.78, 5) is 33.1. The van der Waals surface area contributed by atoms with Crippen molar-refractivity contribution >= 4 is 29.2 Å². The highest BCUT2D eigenvalue weighted by atomic mass is 35.5. The van der Waals surface area contributed by atoms with Crippen LogP contribution >= 0.6 is 11.6 Å². The number of carboxylic acid groups (broad SMARTS) is 1. The van der Waals surface area contributed by atoms with Gasteiger partial charge in [-0.1, -0.05) is 18.5 Å². The van der Waals surface area contributed by atoms with Crippen LogP contribution in [0.2, 0.25) is 5.02 Å². The Morgan fingerprint density at radius 1 is 1.48 bits per heavy atom. The van der Waals surface area contributed by atoms with Crippen molar-refractivity contribution in [3.63, 3.8) is 0 Å². The van der Waals surface area contributed by atoms with Crippen LogP contribution in [0.1, 0.15) is 30.6 Å². The van der Waals surface area contributed by atoms with Gasteiger partial charge in [-0.05, 0) is 19.4 Å². The number of nitrogens with zero attached hydrogens (tertiary/aromatic N) is 1. The number of benzene rings is 1. The number of carbonyl (C=O) groups is 2. The second-order valence-corrected chi connectivity index (χ2v) is 5.23. The molecule has 114 valence electrons. The van der Waals surface area contributed by atoms with E-state index in [4.69, 9.17) is 16.7 Å². The predicted octanol–water partition coefficient (Wildman–Crippen LogP) is 2.48. The number of hydrogen-bond donors (Lipinski definition) is 2. The van der Waals surface area contributed by atoms with Crippen LogP contribution in [0.3, 0.4) is 0 Å². The molecule has 2 N–H and O–H groups in total. The molecule has 21 heavy (non-hydrogen) atoms. The number of carboxylic acids is 1. The third-order valence-corrected chi connectivity index (χ3v) is 3.66. The fraction of sp³-hybridized carbons (Fsp3) is 0.385. The Morgan fingerprint density at radius 3 is 2.52 bits per heavy atom. The van der Waals surface area contributed by atoms with Gasteiger partial charge in [0.1, 0.15) is 0 Å². The third kappa shape index (κ3) is 3.91. The molecule has 0 heterocycles. The first kappa shape index (κ1) is 16.9. The molecule has 7 nitrogen and oxygen atoms in total. The summed E-state index contributed by atoms with van der Waals surface area (Å²) in [7, 11) is 0. The highest BCUT2D eigenvalue weighted by molar-refractivity contribution is 6.34. The minimum atomic E-state index is -1.08. The number of non-ortho nitro benzene ring substituents is 1. The minimum absolute atomic E-state index is 0.0600. The zero-order valence-electron chi connectivity index (χ0n) is 11.6. The Morgan fingerprint density at radius 2 is 2.10 bits per heavy atom. The Labute approximate surface area is 126 Å². The molecule has 1 rings (SSSR count). The number of nitro groups is 1. The van der Waals surface area contributed by atoms with Crippen molar-refractivity contribution in [1.29, 1.82) is 0 Å². The predicted molar refractivity (Wildman–Crippen MR) is 76.5 cm³/mol. The van der Waals surface area contributed by atoms with Crippen molar-refractivity contribution in [2.75, 3.05) is 6.54 Å². The van der Waals surface area contributed by atoms with Gasteiger partial charge >= 0.3 is 5.97 Å². The summed E-state index contributed by atoms with van der Waals surface area (Å²) in [6.45, 7) is 3.16. The molecule has 0 aliphatic rings. The van der Waals surface area contributed by atoms with Crippen LogP contribution in [-0.2, 0) is 4.79 Å². The lowest BCUT2D eigenvalue weighted by Crippen LogP contribution is -2.40. The molecule has 0 saturated carbocycles. The molecule has 1 aromatic rings. The SMILES string of the molecule is CCC(C)(CNC(=O)c1ccc([N+](=O)[O-])cc1Cl)C(=O)O. The second kappa shape index (κ2) is 6.53. The average Bonchev–Trinajstić information content (AvgIpc) is 2.43. The molecule has 0 bridgehead atoms. The highest BCUT2D eigenvalue weighted by Crippen LogP contribution is 2.23. The van der Waals surface area contributed by atoms with Crippen molar-refractivity contribution in [3.05, 3.63) is 38.9 Å². The zero-order valence-corrected chi connectivity index (χ0v) is 12.3. The van der Waals surface area contributed by atoms with Crippen LogP contribution in [0.15, 0.2) is 18.2 Å². The van der Waals surface area contributed by atoms with E-state index >= 15 is 0 Å². The number of halogens is 1. The van der Waals surface area contributed by atoms with Crippen LogP contribution in [0.4, 0.5) is 5.69 Å². The Balaban J connectivity index is 2.86. The Kier molecular flexibility index (Phi) is 5.26. The van der Waals surface area contributed by atoms with Crippen LogP contribution in [0.25, 0.3) is 0 Å². The van der Waals surface area contributed by atoms with Gasteiger partial charge in [0.2, 0.25) is 0 Å². The monoisotopic (exact) mass is 314 g/mol. The maximum atomic E-state index is 12.0. The molecule has 0 aliphatic carbocycles. The Bertz CT molecular complexity index is 590. The number of carbonyl (C=O) groups excluding carboxylic acids is 1. The van der Waals surface area contributed by atoms with E-state index in [1.807, 2.05) is 0 Å². The van der Waals surface area contributed by atoms with Gasteiger partial charge in [0.25, 0.3) is 11.6 Å². The van der Waals surface area contributed by atoms with Gasteiger partial charge in [-0.2, -0.15) is 0 Å². The first-order valence-electron chi connectivity index (χ1n) is 6.17. The van der Waals surface area contributed by atoms with Crippen molar-refractivity contribution in [1.82, 2.24) is 5.32 Å². The van der Waals surface area contributed by atoms with E-state index < -0.39 is 22.2 Å². The molecule has 0 aliphatic heterocycles. The molecule has 0 spiro atoms. The van der Waals surface area contributed by atoms with E-state index in [1.165, 1.54) is 13.0 Å². The fourth-order valence-corrected chi connectivity index (χ4v) is 1.78. The molecule has 0 radical (unpaired) electrons. The largest absolute Gasteiger partial charge is 0.481 e. The standard InChI is InChI=1S/C13H15ClN2O5/c1-3-13(2,12(18)19)7-15-11(17)9-5-4-8(16(20)21)6-10(9)14/h4-6H,3,7H2,1-2H3,(H,15,17)(H,18,19). The summed E-state index contributed by atoms with van der Waals surface area (Å²) in [6, 6.07) is 3.48. The van der Waals surface area contributed by atoms with E-state index in [0.717, 1.165) is 12.1 Å². The summed E-state index contributed by atoms with van der Waals surface area (Å²) in [5, 5.41) is 22.1. The molecule has 1 amide bonds. The van der Waals surface area contributed by atoms with Crippen LogP contribution in [-0.4, -0.2) is 28.5 Å². The lowest BCUT2D eigenvalue weighted by molar-refractivity contribution is -0.384. The molecule has 8 heteroatoms. The molecule has 1 unspecified atom stereocenters. The van der Waals surface area contributed by atoms with Gasteiger partial charge in [-0.15, -0.1) is 0 Å². The molecule has 0 saturated heterocycles. The van der Waals surface area contributed by atoms with Gasteiger partial charge in [0.15, 0.2) is 0 Å². The smallest absolute Gasteiger partial charge is 0.311 e. The minimum Gasteiger partial charge on any atom is -0.481 e. The number of rotatable bonds is 6.